The van der Waals surface area contributed by atoms with Gasteiger partial charge in [-0.25, -0.2) is 4.98 Å². The highest BCUT2D eigenvalue weighted by Crippen LogP contribution is 2.41. The molecular formula is C18H25ClN4O2. The molecule has 1 saturated heterocycles. The Kier molecular flexibility index (Phi) is 5.02. The quantitative estimate of drug-likeness (QED) is 0.906. The highest BCUT2D eigenvalue weighted by Gasteiger charge is 2.32. The van der Waals surface area contributed by atoms with Crippen molar-refractivity contribution in [2.45, 2.75) is 51.5 Å². The number of hydrogen-bond acceptors (Lipinski definition) is 5. The van der Waals surface area contributed by atoms with E-state index >= 15 is 0 Å². The summed E-state index contributed by atoms with van der Waals surface area (Å²) >= 11 is 0. The average Bonchev–Trinajstić information content (AvgIpc) is 3.32. The summed E-state index contributed by atoms with van der Waals surface area (Å²) in [6.45, 7) is 8.60. The molecule has 4 rings (SSSR count). The third kappa shape index (κ3) is 3.25. The smallest absolute Gasteiger partial charge is 0.259 e. The minimum absolute atomic E-state index is 0. The van der Waals surface area contributed by atoms with Crippen molar-refractivity contribution in [1.82, 2.24) is 20.4 Å². The van der Waals surface area contributed by atoms with E-state index in [0.717, 1.165) is 49.2 Å². The molecule has 0 radical (unpaired) electrons. The lowest BCUT2D eigenvalue weighted by molar-refractivity contribution is 0.0657. The van der Waals surface area contributed by atoms with Crippen LogP contribution < -0.4 is 5.32 Å². The largest absolute Gasteiger partial charge is 0.335 e. The van der Waals surface area contributed by atoms with Crippen molar-refractivity contribution in [2.24, 2.45) is 0 Å². The Hall–Kier alpha value is -1.66. The van der Waals surface area contributed by atoms with Crippen molar-refractivity contribution in [1.29, 1.82) is 0 Å². The van der Waals surface area contributed by atoms with Gasteiger partial charge in [-0.05, 0) is 31.7 Å². The van der Waals surface area contributed by atoms with Crippen LogP contribution >= 0.6 is 12.4 Å². The van der Waals surface area contributed by atoms with Crippen molar-refractivity contribution >= 4 is 29.4 Å². The number of nitrogens with zero attached hydrogens (tertiary/aromatic N) is 3. The molecule has 0 aromatic carbocycles. The van der Waals surface area contributed by atoms with Crippen molar-refractivity contribution in [3.8, 4) is 0 Å². The molecule has 2 aromatic heterocycles. The van der Waals surface area contributed by atoms with Gasteiger partial charge in [0.1, 0.15) is 0 Å². The second kappa shape index (κ2) is 6.92. The second-order valence-electron chi connectivity index (χ2n) is 7.32. The Balaban J connectivity index is 0.00000182. The number of hydrogen-bond donors (Lipinski definition) is 1. The van der Waals surface area contributed by atoms with E-state index in [1.54, 1.807) is 0 Å². The van der Waals surface area contributed by atoms with Gasteiger partial charge in [0.05, 0.1) is 16.6 Å². The van der Waals surface area contributed by atoms with Crippen LogP contribution in [-0.4, -0.2) is 46.6 Å². The summed E-state index contributed by atoms with van der Waals surface area (Å²) in [6.07, 6.45) is 2.28. The van der Waals surface area contributed by atoms with Gasteiger partial charge in [-0.3, -0.25) is 4.79 Å². The fraction of sp³-hybridized carbons (Fsp3) is 0.611. The monoisotopic (exact) mass is 364 g/mol. The third-order valence-electron chi connectivity index (χ3n) is 5.03. The number of piperazine rings is 1. The van der Waals surface area contributed by atoms with Crippen molar-refractivity contribution < 1.29 is 9.32 Å². The number of aromatic nitrogens is 2. The van der Waals surface area contributed by atoms with Crippen LogP contribution in [0, 0.1) is 0 Å². The first kappa shape index (κ1) is 18.1. The zero-order valence-electron chi connectivity index (χ0n) is 14.9. The summed E-state index contributed by atoms with van der Waals surface area (Å²) in [6, 6.07) is 2.17. The maximum absolute atomic E-state index is 13.3. The molecule has 0 bridgehead atoms. The number of pyridine rings is 1. The average molecular weight is 365 g/mol. The van der Waals surface area contributed by atoms with E-state index in [9.17, 15) is 4.79 Å². The Morgan fingerprint density at radius 3 is 2.80 bits per heavy atom. The van der Waals surface area contributed by atoms with Crippen LogP contribution in [0.2, 0.25) is 0 Å². The number of halogens is 1. The van der Waals surface area contributed by atoms with E-state index in [-0.39, 0.29) is 30.3 Å². The SMILES string of the molecule is CC(C)c1noc2nc(C3CC3)cc(C(=O)N3CCNCC3C)c12.Cl. The van der Waals surface area contributed by atoms with Gasteiger partial charge in [0.2, 0.25) is 0 Å². The van der Waals surface area contributed by atoms with Crippen LogP contribution in [0.3, 0.4) is 0 Å². The van der Waals surface area contributed by atoms with Gasteiger partial charge in [-0.15, -0.1) is 12.4 Å². The zero-order chi connectivity index (χ0) is 16.8. The van der Waals surface area contributed by atoms with E-state index < -0.39 is 0 Å². The van der Waals surface area contributed by atoms with Crippen LogP contribution in [0.4, 0.5) is 0 Å². The molecule has 1 aliphatic heterocycles. The number of carbonyl (C=O) groups excluding carboxylic acids is 1. The molecule has 136 valence electrons. The first-order chi connectivity index (χ1) is 11.6. The van der Waals surface area contributed by atoms with E-state index in [1.165, 1.54) is 0 Å². The molecule has 6 nitrogen and oxygen atoms in total. The van der Waals surface area contributed by atoms with Gasteiger partial charge in [0.15, 0.2) is 0 Å². The normalized spacial score (nSPS) is 20.8. The second-order valence-corrected chi connectivity index (χ2v) is 7.32. The van der Waals surface area contributed by atoms with Crippen LogP contribution in [0.1, 0.15) is 67.2 Å². The number of rotatable bonds is 3. The number of nitrogens with one attached hydrogen (secondary N) is 1. The Morgan fingerprint density at radius 2 is 2.16 bits per heavy atom. The van der Waals surface area contributed by atoms with Crippen LogP contribution in [0.5, 0.6) is 0 Å². The van der Waals surface area contributed by atoms with Crippen LogP contribution in [-0.2, 0) is 0 Å². The van der Waals surface area contributed by atoms with Gasteiger partial charge >= 0.3 is 0 Å². The predicted molar refractivity (Wildman–Crippen MR) is 98.5 cm³/mol. The lowest BCUT2D eigenvalue weighted by Crippen LogP contribution is -2.52. The minimum Gasteiger partial charge on any atom is -0.335 e. The van der Waals surface area contributed by atoms with E-state index in [0.29, 0.717) is 17.2 Å². The van der Waals surface area contributed by atoms with Gasteiger partial charge in [-0.2, -0.15) is 0 Å². The molecule has 7 heteroatoms. The lowest BCUT2D eigenvalue weighted by atomic mass is 10.0. The van der Waals surface area contributed by atoms with Crippen molar-refractivity contribution in [3.63, 3.8) is 0 Å². The molecule has 3 heterocycles. The molecular weight excluding hydrogens is 340 g/mol. The minimum atomic E-state index is 0. The third-order valence-corrected chi connectivity index (χ3v) is 5.03. The zero-order valence-corrected chi connectivity index (χ0v) is 15.7. The first-order valence-electron chi connectivity index (χ1n) is 8.88. The van der Waals surface area contributed by atoms with Gasteiger partial charge < -0.3 is 14.7 Å². The molecule has 1 saturated carbocycles. The molecule has 2 aromatic rings. The van der Waals surface area contributed by atoms with Crippen LogP contribution in [0.15, 0.2) is 10.6 Å². The fourth-order valence-corrected chi connectivity index (χ4v) is 3.44. The molecule has 0 spiro atoms. The molecule has 1 aliphatic carbocycles. The number of amides is 1. The highest BCUT2D eigenvalue weighted by molar-refractivity contribution is 6.06. The molecule has 1 N–H and O–H groups in total. The number of carbonyl (C=O) groups is 1. The summed E-state index contributed by atoms with van der Waals surface area (Å²) in [5.74, 6) is 0.726. The van der Waals surface area contributed by atoms with Gasteiger partial charge in [0.25, 0.3) is 11.6 Å². The highest BCUT2D eigenvalue weighted by atomic mass is 35.5. The maximum Gasteiger partial charge on any atom is 0.259 e. The van der Waals surface area contributed by atoms with Gasteiger partial charge in [-0.1, -0.05) is 19.0 Å². The van der Waals surface area contributed by atoms with E-state index in [4.69, 9.17) is 4.52 Å². The summed E-state index contributed by atoms with van der Waals surface area (Å²) in [7, 11) is 0. The van der Waals surface area contributed by atoms with E-state index in [1.807, 2.05) is 11.0 Å². The Bertz CT molecular complexity index is 785. The summed E-state index contributed by atoms with van der Waals surface area (Å²) < 4.78 is 5.49. The molecule has 25 heavy (non-hydrogen) atoms. The molecule has 2 fully saturated rings. The summed E-state index contributed by atoms with van der Waals surface area (Å²) in [5, 5.41) is 8.33. The Morgan fingerprint density at radius 1 is 1.40 bits per heavy atom. The maximum atomic E-state index is 13.3. The van der Waals surface area contributed by atoms with Crippen LogP contribution in [0.25, 0.3) is 11.1 Å². The number of fused-ring (bicyclic) bond motifs is 1. The molecule has 1 atom stereocenters. The van der Waals surface area contributed by atoms with Crippen molar-refractivity contribution in [3.05, 3.63) is 23.0 Å². The Labute approximate surface area is 153 Å². The summed E-state index contributed by atoms with van der Waals surface area (Å²) in [5.41, 5.74) is 3.01. The topological polar surface area (TPSA) is 71.3 Å². The first-order valence-corrected chi connectivity index (χ1v) is 8.88. The summed E-state index contributed by atoms with van der Waals surface area (Å²) in [4.78, 5) is 19.9. The molecule has 1 unspecified atom stereocenters. The lowest BCUT2D eigenvalue weighted by Gasteiger charge is -2.34. The fourth-order valence-electron chi connectivity index (χ4n) is 3.44. The standard InChI is InChI=1S/C18H24N4O2.ClH/c1-10(2)16-15-13(18(23)22-7-6-19-9-11(22)3)8-14(12-4-5-12)20-17(15)24-21-16;/h8,10-12,19H,4-7,9H2,1-3H3;1H. The molecule has 1 amide bonds. The van der Waals surface area contributed by atoms with Crippen molar-refractivity contribution in [2.75, 3.05) is 19.6 Å². The van der Waals surface area contributed by atoms with Gasteiger partial charge in [0, 0.05) is 37.3 Å². The molecule has 2 aliphatic rings. The predicted octanol–water partition coefficient (Wildman–Crippen LogP) is 3.08. The van der Waals surface area contributed by atoms with E-state index in [2.05, 4.69) is 36.2 Å².